The van der Waals surface area contributed by atoms with Crippen molar-refractivity contribution in [2.24, 2.45) is 5.73 Å². The number of aromatic nitrogens is 1. The Kier molecular flexibility index (Phi) is 4.13. The van der Waals surface area contributed by atoms with Gasteiger partial charge in [0.25, 0.3) is 0 Å². The van der Waals surface area contributed by atoms with E-state index in [4.69, 9.17) is 5.73 Å². The van der Waals surface area contributed by atoms with E-state index in [0.717, 1.165) is 19.4 Å². The topological polar surface area (TPSA) is 42.2 Å². The zero-order valence-corrected chi connectivity index (χ0v) is 10.9. The predicted octanol–water partition coefficient (Wildman–Crippen LogP) is 2.09. The van der Waals surface area contributed by atoms with Crippen LogP contribution in [0.3, 0.4) is 0 Å². The third-order valence-corrected chi connectivity index (χ3v) is 3.88. The summed E-state index contributed by atoms with van der Waals surface area (Å²) < 4.78 is 0. The maximum absolute atomic E-state index is 5.94. The van der Waals surface area contributed by atoms with Crippen LogP contribution in [-0.4, -0.2) is 29.0 Å². The van der Waals surface area contributed by atoms with Gasteiger partial charge in [-0.15, -0.1) is 0 Å². The van der Waals surface area contributed by atoms with E-state index in [-0.39, 0.29) is 0 Å². The summed E-state index contributed by atoms with van der Waals surface area (Å²) >= 11 is 0. The number of aryl methyl sites for hydroxylation is 1. The number of nitrogens with zero attached hydrogens (tertiary/aromatic N) is 2. The highest BCUT2D eigenvalue weighted by Crippen LogP contribution is 2.22. The molecule has 1 aromatic rings. The molecule has 0 amide bonds. The van der Waals surface area contributed by atoms with E-state index in [1.807, 2.05) is 12.3 Å². The van der Waals surface area contributed by atoms with Gasteiger partial charge in [-0.3, -0.25) is 9.88 Å². The van der Waals surface area contributed by atoms with Crippen molar-refractivity contribution in [1.29, 1.82) is 0 Å². The average molecular weight is 233 g/mol. The highest BCUT2D eigenvalue weighted by atomic mass is 15.1. The molecule has 0 atom stereocenters. The van der Waals surface area contributed by atoms with E-state index in [1.54, 1.807) is 0 Å². The van der Waals surface area contributed by atoms with Crippen LogP contribution >= 0.6 is 0 Å². The summed E-state index contributed by atoms with van der Waals surface area (Å²) in [7, 11) is 2.20. The second-order valence-corrected chi connectivity index (χ2v) is 5.25. The molecule has 3 nitrogen and oxygen atoms in total. The molecule has 3 heteroatoms. The van der Waals surface area contributed by atoms with Crippen molar-refractivity contribution < 1.29 is 0 Å². The zero-order chi connectivity index (χ0) is 12.3. The molecule has 2 rings (SSSR count). The van der Waals surface area contributed by atoms with Crippen LogP contribution in [0.4, 0.5) is 0 Å². The normalized spacial score (nSPS) is 25.2. The van der Waals surface area contributed by atoms with Gasteiger partial charge in [0.2, 0.25) is 0 Å². The molecule has 0 radical (unpaired) electrons. The summed E-state index contributed by atoms with van der Waals surface area (Å²) in [5, 5.41) is 0. The van der Waals surface area contributed by atoms with Crippen molar-refractivity contribution >= 4 is 0 Å². The fourth-order valence-electron chi connectivity index (χ4n) is 2.59. The molecule has 1 aliphatic carbocycles. The lowest BCUT2D eigenvalue weighted by molar-refractivity contribution is 0.174. The van der Waals surface area contributed by atoms with Crippen LogP contribution in [0, 0.1) is 6.92 Å². The Bertz CT molecular complexity index is 356. The highest BCUT2D eigenvalue weighted by molar-refractivity contribution is 5.17. The second kappa shape index (κ2) is 5.61. The molecule has 0 bridgehead atoms. The van der Waals surface area contributed by atoms with Gasteiger partial charge >= 0.3 is 0 Å². The fraction of sp³-hybridized carbons (Fsp3) is 0.643. The molecule has 1 saturated carbocycles. The molecule has 2 N–H and O–H groups in total. The highest BCUT2D eigenvalue weighted by Gasteiger charge is 2.22. The summed E-state index contributed by atoms with van der Waals surface area (Å²) in [6.45, 7) is 3.08. The summed E-state index contributed by atoms with van der Waals surface area (Å²) in [6.07, 6.45) is 6.66. The second-order valence-electron chi connectivity index (χ2n) is 5.25. The van der Waals surface area contributed by atoms with Crippen LogP contribution in [-0.2, 0) is 6.54 Å². The lowest BCUT2D eigenvalue weighted by Crippen LogP contribution is -2.38. The third-order valence-electron chi connectivity index (χ3n) is 3.88. The molecular weight excluding hydrogens is 210 g/mol. The summed E-state index contributed by atoms with van der Waals surface area (Å²) in [6, 6.07) is 5.23. The smallest absolute Gasteiger partial charge is 0.0573 e. The Hall–Kier alpha value is -0.930. The molecule has 1 heterocycles. The first kappa shape index (κ1) is 12.5. The number of rotatable bonds is 3. The van der Waals surface area contributed by atoms with Crippen LogP contribution in [0.5, 0.6) is 0 Å². The Morgan fingerprint density at radius 2 is 2.06 bits per heavy atom. The van der Waals surface area contributed by atoms with Crippen molar-refractivity contribution in [2.75, 3.05) is 7.05 Å². The minimum atomic E-state index is 0.427. The molecule has 0 aliphatic heterocycles. The zero-order valence-electron chi connectivity index (χ0n) is 10.9. The van der Waals surface area contributed by atoms with E-state index >= 15 is 0 Å². The molecule has 17 heavy (non-hydrogen) atoms. The first-order chi connectivity index (χ1) is 8.16. The largest absolute Gasteiger partial charge is 0.328 e. The minimum Gasteiger partial charge on any atom is -0.328 e. The van der Waals surface area contributed by atoms with E-state index in [2.05, 4.69) is 29.9 Å². The van der Waals surface area contributed by atoms with Gasteiger partial charge in [-0.25, -0.2) is 0 Å². The average Bonchev–Trinajstić information content (AvgIpc) is 2.33. The van der Waals surface area contributed by atoms with Crippen LogP contribution in [0.2, 0.25) is 0 Å². The Labute approximate surface area is 104 Å². The van der Waals surface area contributed by atoms with Crippen LogP contribution < -0.4 is 5.73 Å². The number of hydrogen-bond acceptors (Lipinski definition) is 3. The quantitative estimate of drug-likeness (QED) is 0.869. The van der Waals surface area contributed by atoms with E-state index in [9.17, 15) is 0 Å². The van der Waals surface area contributed by atoms with Crippen molar-refractivity contribution in [1.82, 2.24) is 9.88 Å². The van der Waals surface area contributed by atoms with Crippen molar-refractivity contribution in [2.45, 2.75) is 51.2 Å². The van der Waals surface area contributed by atoms with E-state index < -0.39 is 0 Å². The Balaban J connectivity index is 1.93. The number of nitrogens with two attached hydrogens (primary N) is 1. The lowest BCUT2D eigenvalue weighted by Gasteiger charge is -2.33. The summed E-state index contributed by atoms with van der Waals surface area (Å²) in [5.41, 5.74) is 8.43. The third kappa shape index (κ3) is 3.27. The monoisotopic (exact) mass is 233 g/mol. The SMILES string of the molecule is Cc1cccnc1CN(C)C1CCC(N)CC1. The van der Waals surface area contributed by atoms with Crippen LogP contribution in [0.1, 0.15) is 36.9 Å². The molecule has 0 spiro atoms. The maximum atomic E-state index is 5.94. The van der Waals surface area contributed by atoms with Gasteiger partial charge in [0.1, 0.15) is 0 Å². The first-order valence-corrected chi connectivity index (χ1v) is 6.53. The van der Waals surface area contributed by atoms with Gasteiger partial charge in [0.15, 0.2) is 0 Å². The molecule has 1 aromatic heterocycles. The summed E-state index contributed by atoms with van der Waals surface area (Å²) in [5.74, 6) is 0. The van der Waals surface area contributed by atoms with Crippen LogP contribution in [0.15, 0.2) is 18.3 Å². The predicted molar refractivity (Wildman–Crippen MR) is 70.7 cm³/mol. The maximum Gasteiger partial charge on any atom is 0.0573 e. The Morgan fingerprint density at radius 3 is 2.71 bits per heavy atom. The summed E-state index contributed by atoms with van der Waals surface area (Å²) in [4.78, 5) is 6.89. The molecule has 0 saturated heterocycles. The molecule has 94 valence electrons. The number of pyridine rings is 1. The minimum absolute atomic E-state index is 0.427. The molecule has 0 aromatic carbocycles. The van der Waals surface area contributed by atoms with Gasteiger partial charge in [-0.1, -0.05) is 6.07 Å². The van der Waals surface area contributed by atoms with Gasteiger partial charge in [-0.05, 0) is 51.3 Å². The van der Waals surface area contributed by atoms with Crippen molar-refractivity contribution in [3.05, 3.63) is 29.6 Å². The van der Waals surface area contributed by atoms with E-state index in [0.29, 0.717) is 12.1 Å². The standard InChI is InChI=1S/C14H23N3/c1-11-4-3-9-16-14(11)10-17(2)13-7-5-12(15)6-8-13/h3-4,9,12-13H,5-8,10,15H2,1-2H3. The Morgan fingerprint density at radius 1 is 1.35 bits per heavy atom. The van der Waals surface area contributed by atoms with Crippen molar-refractivity contribution in [3.63, 3.8) is 0 Å². The van der Waals surface area contributed by atoms with Gasteiger partial charge < -0.3 is 5.73 Å². The molecule has 0 unspecified atom stereocenters. The van der Waals surface area contributed by atoms with Gasteiger partial charge in [0, 0.05) is 24.8 Å². The molecule has 1 aliphatic rings. The van der Waals surface area contributed by atoms with Crippen molar-refractivity contribution in [3.8, 4) is 0 Å². The number of hydrogen-bond donors (Lipinski definition) is 1. The molecular formula is C14H23N3. The fourth-order valence-corrected chi connectivity index (χ4v) is 2.59. The van der Waals surface area contributed by atoms with Gasteiger partial charge in [0.05, 0.1) is 5.69 Å². The van der Waals surface area contributed by atoms with E-state index in [1.165, 1.54) is 24.1 Å². The first-order valence-electron chi connectivity index (χ1n) is 6.53. The lowest BCUT2D eigenvalue weighted by atomic mass is 9.91. The van der Waals surface area contributed by atoms with Crippen LogP contribution in [0.25, 0.3) is 0 Å². The molecule has 1 fully saturated rings. The van der Waals surface area contributed by atoms with Gasteiger partial charge in [-0.2, -0.15) is 0 Å².